The highest BCUT2D eigenvalue weighted by Crippen LogP contribution is 2.27. The lowest BCUT2D eigenvalue weighted by Gasteiger charge is -2.34. The van der Waals surface area contributed by atoms with Gasteiger partial charge in [0.1, 0.15) is 0 Å². The molecule has 0 radical (unpaired) electrons. The van der Waals surface area contributed by atoms with Crippen molar-refractivity contribution in [3.63, 3.8) is 0 Å². The fraction of sp³-hybridized carbons (Fsp3) is 0.500. The predicted molar refractivity (Wildman–Crippen MR) is 65.0 cm³/mol. The zero-order valence-electron chi connectivity index (χ0n) is 9.55. The van der Waals surface area contributed by atoms with Crippen molar-refractivity contribution in [2.45, 2.75) is 31.2 Å². The van der Waals surface area contributed by atoms with E-state index in [1.165, 1.54) is 0 Å². The molecule has 1 saturated heterocycles. The Balaban J connectivity index is 2.35. The minimum absolute atomic E-state index is 0.0198. The lowest BCUT2D eigenvalue weighted by atomic mass is 10.0. The molecule has 1 aromatic carbocycles. The molecule has 2 rings (SSSR count). The van der Waals surface area contributed by atoms with Crippen LogP contribution in [0, 0.1) is 0 Å². The van der Waals surface area contributed by atoms with Crippen molar-refractivity contribution >= 4 is 9.84 Å². The van der Waals surface area contributed by atoms with Crippen LogP contribution in [0.25, 0.3) is 0 Å². The molecular weight excluding hydrogens is 222 g/mol. The SMILES string of the molecule is CC1CS(=O)(=O)C(C)C(c2ccccc2)N1. The van der Waals surface area contributed by atoms with E-state index in [-0.39, 0.29) is 23.1 Å². The number of hydrogen-bond acceptors (Lipinski definition) is 3. The molecule has 1 heterocycles. The molecule has 1 N–H and O–H groups in total. The van der Waals surface area contributed by atoms with E-state index >= 15 is 0 Å². The monoisotopic (exact) mass is 239 g/mol. The van der Waals surface area contributed by atoms with Crippen molar-refractivity contribution in [2.75, 3.05) is 5.75 Å². The van der Waals surface area contributed by atoms with Crippen molar-refractivity contribution < 1.29 is 8.42 Å². The predicted octanol–water partition coefficient (Wildman–Crippen LogP) is 1.52. The summed E-state index contributed by atoms with van der Waals surface area (Å²) in [6.45, 7) is 3.70. The van der Waals surface area contributed by atoms with Crippen molar-refractivity contribution in [3.8, 4) is 0 Å². The Kier molecular flexibility index (Phi) is 3.04. The van der Waals surface area contributed by atoms with E-state index in [1.807, 2.05) is 37.3 Å². The molecule has 0 saturated carbocycles. The Morgan fingerprint density at radius 3 is 2.44 bits per heavy atom. The quantitative estimate of drug-likeness (QED) is 0.808. The Hall–Kier alpha value is -0.870. The van der Waals surface area contributed by atoms with Crippen LogP contribution < -0.4 is 5.32 Å². The second kappa shape index (κ2) is 4.18. The van der Waals surface area contributed by atoms with Crippen LogP contribution in [0.5, 0.6) is 0 Å². The highest BCUT2D eigenvalue weighted by Gasteiger charge is 2.37. The van der Waals surface area contributed by atoms with Gasteiger partial charge in [-0.15, -0.1) is 0 Å². The Morgan fingerprint density at radius 1 is 1.19 bits per heavy atom. The van der Waals surface area contributed by atoms with Gasteiger partial charge in [0.15, 0.2) is 9.84 Å². The smallest absolute Gasteiger partial charge is 0.156 e. The third-order valence-corrected chi connectivity index (χ3v) is 5.51. The van der Waals surface area contributed by atoms with Crippen LogP contribution >= 0.6 is 0 Å². The number of rotatable bonds is 1. The van der Waals surface area contributed by atoms with E-state index in [0.29, 0.717) is 0 Å². The molecule has 3 nitrogen and oxygen atoms in total. The summed E-state index contributed by atoms with van der Waals surface area (Å²) in [6.07, 6.45) is 0. The molecule has 0 bridgehead atoms. The average molecular weight is 239 g/mol. The van der Waals surface area contributed by atoms with Crippen molar-refractivity contribution in [1.29, 1.82) is 0 Å². The summed E-state index contributed by atoms with van der Waals surface area (Å²) in [5.74, 6) is 0.234. The first-order valence-electron chi connectivity index (χ1n) is 5.53. The largest absolute Gasteiger partial charge is 0.305 e. The Bertz CT molecular complexity index is 455. The normalized spacial score (nSPS) is 33.5. The molecule has 0 spiro atoms. The summed E-state index contributed by atoms with van der Waals surface area (Å²) in [4.78, 5) is 0. The summed E-state index contributed by atoms with van der Waals surface area (Å²) in [7, 11) is -2.97. The molecule has 3 unspecified atom stereocenters. The van der Waals surface area contributed by atoms with Crippen LogP contribution in [0.4, 0.5) is 0 Å². The van der Waals surface area contributed by atoms with Crippen LogP contribution in [0.2, 0.25) is 0 Å². The second-order valence-electron chi connectivity index (χ2n) is 4.49. The van der Waals surface area contributed by atoms with Crippen LogP contribution in [-0.2, 0) is 9.84 Å². The molecule has 0 aromatic heterocycles. The van der Waals surface area contributed by atoms with E-state index in [0.717, 1.165) is 5.56 Å². The molecule has 1 aliphatic rings. The van der Waals surface area contributed by atoms with Gasteiger partial charge in [0.25, 0.3) is 0 Å². The van der Waals surface area contributed by atoms with Gasteiger partial charge in [-0.05, 0) is 19.4 Å². The van der Waals surface area contributed by atoms with Crippen molar-refractivity contribution in [1.82, 2.24) is 5.32 Å². The van der Waals surface area contributed by atoms with Crippen molar-refractivity contribution in [2.24, 2.45) is 0 Å². The van der Waals surface area contributed by atoms with Crippen molar-refractivity contribution in [3.05, 3.63) is 35.9 Å². The van der Waals surface area contributed by atoms with Gasteiger partial charge in [0.2, 0.25) is 0 Å². The molecule has 0 amide bonds. The number of sulfone groups is 1. The maximum Gasteiger partial charge on any atom is 0.156 e. The summed E-state index contributed by atoms with van der Waals surface area (Å²) < 4.78 is 23.9. The van der Waals surface area contributed by atoms with Gasteiger partial charge in [0, 0.05) is 12.1 Å². The maximum atomic E-state index is 11.9. The topological polar surface area (TPSA) is 46.2 Å². The Morgan fingerprint density at radius 2 is 1.81 bits per heavy atom. The van der Waals surface area contributed by atoms with Crippen LogP contribution in [0.1, 0.15) is 25.5 Å². The zero-order chi connectivity index (χ0) is 11.8. The van der Waals surface area contributed by atoms with Gasteiger partial charge < -0.3 is 5.32 Å². The molecule has 1 fully saturated rings. The summed E-state index contributed by atoms with van der Waals surface area (Å²) in [5, 5.41) is 3.00. The molecule has 4 heteroatoms. The minimum atomic E-state index is -2.97. The van der Waals surface area contributed by atoms with Gasteiger partial charge in [-0.2, -0.15) is 0 Å². The van der Waals surface area contributed by atoms with Crippen LogP contribution in [-0.4, -0.2) is 25.5 Å². The van der Waals surface area contributed by atoms with E-state index in [9.17, 15) is 8.42 Å². The van der Waals surface area contributed by atoms with Gasteiger partial charge in [-0.3, -0.25) is 0 Å². The van der Waals surface area contributed by atoms with E-state index in [2.05, 4.69) is 5.32 Å². The summed E-state index contributed by atoms with van der Waals surface area (Å²) in [6, 6.07) is 9.70. The lowest BCUT2D eigenvalue weighted by molar-refractivity contribution is 0.428. The molecule has 3 atom stereocenters. The first-order chi connectivity index (χ1) is 7.50. The lowest BCUT2D eigenvalue weighted by Crippen LogP contribution is -2.50. The average Bonchev–Trinajstić information content (AvgIpc) is 2.24. The summed E-state index contributed by atoms with van der Waals surface area (Å²) >= 11 is 0. The van der Waals surface area contributed by atoms with Gasteiger partial charge in [-0.25, -0.2) is 8.42 Å². The molecule has 1 aromatic rings. The summed E-state index contributed by atoms with van der Waals surface area (Å²) in [5.41, 5.74) is 1.05. The Labute approximate surface area is 96.8 Å². The standard InChI is InChI=1S/C12H17NO2S/c1-9-8-16(14,15)10(2)12(13-9)11-6-4-3-5-7-11/h3-7,9-10,12-13H,8H2,1-2H3. The molecule has 0 aliphatic carbocycles. The van der Waals surface area contributed by atoms with E-state index < -0.39 is 9.84 Å². The fourth-order valence-electron chi connectivity index (χ4n) is 2.23. The fourth-order valence-corrected chi connectivity index (χ4v) is 3.97. The number of hydrogen-bond donors (Lipinski definition) is 1. The van der Waals surface area contributed by atoms with E-state index in [4.69, 9.17) is 0 Å². The third kappa shape index (κ3) is 2.13. The van der Waals surface area contributed by atoms with Gasteiger partial charge >= 0.3 is 0 Å². The molecular formula is C12H17NO2S. The second-order valence-corrected chi connectivity index (χ2v) is 6.89. The first kappa shape index (κ1) is 11.6. The van der Waals surface area contributed by atoms with Gasteiger partial charge in [0.05, 0.1) is 11.0 Å². The minimum Gasteiger partial charge on any atom is -0.305 e. The highest BCUT2D eigenvalue weighted by atomic mass is 32.2. The number of benzene rings is 1. The molecule has 16 heavy (non-hydrogen) atoms. The van der Waals surface area contributed by atoms with Crippen LogP contribution in [0.15, 0.2) is 30.3 Å². The molecule has 1 aliphatic heterocycles. The maximum absolute atomic E-state index is 11.9. The first-order valence-corrected chi connectivity index (χ1v) is 7.25. The third-order valence-electron chi connectivity index (χ3n) is 3.14. The number of nitrogens with one attached hydrogen (secondary N) is 1. The van der Waals surface area contributed by atoms with Gasteiger partial charge in [-0.1, -0.05) is 30.3 Å². The van der Waals surface area contributed by atoms with Crippen LogP contribution in [0.3, 0.4) is 0 Å². The van der Waals surface area contributed by atoms with E-state index in [1.54, 1.807) is 6.92 Å². The zero-order valence-corrected chi connectivity index (χ0v) is 10.4. The molecule has 88 valence electrons. The highest BCUT2D eigenvalue weighted by molar-refractivity contribution is 7.92.